The van der Waals surface area contributed by atoms with Gasteiger partial charge in [-0.2, -0.15) is 0 Å². The average Bonchev–Trinajstić information content (AvgIpc) is 2.84. The fourth-order valence-corrected chi connectivity index (χ4v) is 4.60. The molecule has 0 N–H and O–H groups in total. The number of hydrogen-bond donors (Lipinski definition) is 0. The lowest BCUT2D eigenvalue weighted by atomic mass is 9.76. The number of carbonyl (C=O) groups is 1. The second-order valence-electron chi connectivity index (χ2n) is 6.66. The van der Waals surface area contributed by atoms with E-state index in [-0.39, 0.29) is 17.8 Å². The molecule has 0 saturated carbocycles. The number of methoxy groups -OCH3 is 1. The van der Waals surface area contributed by atoms with Gasteiger partial charge in [0, 0.05) is 24.5 Å². The third kappa shape index (κ3) is 3.33. The van der Waals surface area contributed by atoms with Gasteiger partial charge in [-0.1, -0.05) is 58.5 Å². The predicted octanol–water partition coefficient (Wildman–Crippen LogP) is 4.05. The van der Waals surface area contributed by atoms with E-state index >= 15 is 0 Å². The largest absolute Gasteiger partial charge is 0.469 e. The first-order valence-corrected chi connectivity index (χ1v) is 9.55. The van der Waals surface area contributed by atoms with E-state index in [0.717, 1.165) is 19.4 Å². The fourth-order valence-electron chi connectivity index (χ4n) is 4.37. The molecule has 0 radical (unpaired) electrons. The van der Waals surface area contributed by atoms with Crippen molar-refractivity contribution < 1.29 is 9.53 Å². The summed E-state index contributed by atoms with van der Waals surface area (Å²) in [4.78, 5) is 15.1. The van der Waals surface area contributed by atoms with Crippen LogP contribution in [0.1, 0.15) is 36.3 Å². The Balaban J connectivity index is 1.91. The number of esters is 1. The lowest BCUT2D eigenvalue weighted by Crippen LogP contribution is -2.50. The van der Waals surface area contributed by atoms with Gasteiger partial charge in [-0.05, 0) is 35.8 Å². The van der Waals surface area contributed by atoms with E-state index in [4.69, 9.17) is 4.74 Å². The molecule has 23 heavy (non-hydrogen) atoms. The average molecular weight is 421 g/mol. The number of hydrogen-bond acceptors (Lipinski definition) is 3. The summed E-state index contributed by atoms with van der Waals surface area (Å²) in [5, 5.41) is 0. The molecule has 0 amide bonds. The fraction of sp³-hybridized carbons (Fsp3) is 0.526. The van der Waals surface area contributed by atoms with Gasteiger partial charge in [0.15, 0.2) is 0 Å². The minimum atomic E-state index is -0.0518. The number of piperidine rings is 1. The molecule has 1 aromatic rings. The smallest absolute Gasteiger partial charge is 0.310 e. The van der Waals surface area contributed by atoms with Crippen LogP contribution in [0.15, 0.2) is 34.4 Å². The van der Waals surface area contributed by atoms with Crippen LogP contribution in [-0.4, -0.2) is 36.6 Å². The van der Waals surface area contributed by atoms with E-state index in [1.54, 1.807) is 0 Å². The van der Waals surface area contributed by atoms with Gasteiger partial charge in [0.2, 0.25) is 0 Å². The van der Waals surface area contributed by atoms with Gasteiger partial charge in [-0.25, -0.2) is 0 Å². The summed E-state index contributed by atoms with van der Waals surface area (Å²) in [5.74, 6) is 0.175. The number of ether oxygens (including phenoxy) is 1. The molecule has 0 spiro atoms. The van der Waals surface area contributed by atoms with Crippen molar-refractivity contribution in [1.82, 2.24) is 4.90 Å². The van der Waals surface area contributed by atoms with Crippen LogP contribution in [0.3, 0.4) is 0 Å². The number of halogens is 1. The quantitative estimate of drug-likeness (QED) is 0.543. The maximum Gasteiger partial charge on any atom is 0.310 e. The molecule has 3 nitrogen and oxygen atoms in total. The highest BCUT2D eigenvalue weighted by Crippen LogP contribution is 2.47. The highest BCUT2D eigenvalue weighted by atomic mass is 123. The Labute approximate surface area is 152 Å². The van der Waals surface area contributed by atoms with E-state index in [9.17, 15) is 4.79 Å². The molecule has 0 aromatic heterocycles. The van der Waals surface area contributed by atoms with E-state index in [2.05, 4.69) is 68.8 Å². The number of benzene rings is 1. The van der Waals surface area contributed by atoms with Gasteiger partial charge < -0.3 is 4.74 Å². The minimum Gasteiger partial charge on any atom is -0.469 e. The molecule has 3 rings (SSSR count). The molecule has 4 unspecified atom stereocenters. The van der Waals surface area contributed by atoms with Crippen molar-refractivity contribution in [3.63, 3.8) is 0 Å². The van der Waals surface area contributed by atoms with E-state index in [1.165, 1.54) is 24.7 Å². The summed E-state index contributed by atoms with van der Waals surface area (Å²) >= 11 is 2.26. The maximum absolute atomic E-state index is 12.6. The van der Waals surface area contributed by atoms with Crippen LogP contribution in [0.2, 0.25) is 0 Å². The van der Waals surface area contributed by atoms with Crippen LogP contribution in [0.4, 0.5) is 0 Å². The minimum absolute atomic E-state index is 0.0515. The highest BCUT2D eigenvalue weighted by Gasteiger charge is 2.50. The van der Waals surface area contributed by atoms with E-state index in [1.807, 2.05) is 0 Å². The normalized spacial score (nSPS) is 30.7. The van der Waals surface area contributed by atoms with Gasteiger partial charge in [-0.15, -0.1) is 0 Å². The molecule has 2 fully saturated rings. The van der Waals surface area contributed by atoms with Gasteiger partial charge >= 0.3 is 5.97 Å². The van der Waals surface area contributed by atoms with Gasteiger partial charge in [0.1, 0.15) is 0 Å². The van der Waals surface area contributed by atoms with Crippen molar-refractivity contribution in [3.8, 4) is 0 Å². The summed E-state index contributed by atoms with van der Waals surface area (Å²) in [6.07, 6.45) is 5.53. The molecular formula is C19H24INO2. The van der Waals surface area contributed by atoms with E-state index in [0.29, 0.717) is 12.1 Å². The number of rotatable bonds is 4. The van der Waals surface area contributed by atoms with Crippen LogP contribution in [0.25, 0.3) is 0 Å². The first kappa shape index (κ1) is 17.0. The van der Waals surface area contributed by atoms with E-state index < -0.39 is 0 Å². The number of carbonyl (C=O) groups excluding carboxylic acids is 1. The topological polar surface area (TPSA) is 29.5 Å². The Morgan fingerprint density at radius 2 is 2.09 bits per heavy atom. The summed E-state index contributed by atoms with van der Waals surface area (Å²) in [5.41, 5.74) is 2.54. The van der Waals surface area contributed by atoms with Gasteiger partial charge in [0.25, 0.3) is 0 Å². The lowest BCUT2D eigenvalue weighted by molar-refractivity contribution is -0.150. The molecule has 2 heterocycles. The van der Waals surface area contributed by atoms with Crippen LogP contribution >= 0.6 is 22.6 Å². The van der Waals surface area contributed by atoms with Crippen molar-refractivity contribution in [1.29, 1.82) is 0 Å². The highest BCUT2D eigenvalue weighted by molar-refractivity contribution is 14.1. The third-order valence-corrected chi connectivity index (χ3v) is 5.96. The first-order valence-electron chi connectivity index (χ1n) is 8.31. The summed E-state index contributed by atoms with van der Waals surface area (Å²) in [6.45, 7) is 3.04. The van der Waals surface area contributed by atoms with Crippen LogP contribution in [-0.2, 0) is 9.53 Å². The molecule has 2 saturated heterocycles. The SMILES string of the molecule is COC(=O)C1C(c2ccc(C)cc2)CC2CCC1N2C/C=C/[123I]. The summed E-state index contributed by atoms with van der Waals surface area (Å²) in [7, 11) is 1.52. The maximum atomic E-state index is 12.6. The van der Waals surface area contributed by atoms with Crippen LogP contribution in [0, 0.1) is 12.8 Å². The Morgan fingerprint density at radius 3 is 2.74 bits per heavy atom. The molecule has 0 aliphatic carbocycles. The zero-order chi connectivity index (χ0) is 16.4. The number of fused-ring (bicyclic) bond motifs is 2. The molecular weight excluding hydrogens is 397 g/mol. The third-order valence-electron chi connectivity index (χ3n) is 5.45. The second-order valence-corrected chi connectivity index (χ2v) is 7.38. The van der Waals surface area contributed by atoms with Crippen molar-refractivity contribution in [3.05, 3.63) is 45.6 Å². The Hall–Kier alpha value is -0.880. The molecule has 1 aromatic carbocycles. The van der Waals surface area contributed by atoms with Gasteiger partial charge in [0.05, 0.1) is 13.0 Å². The summed E-state index contributed by atoms with van der Waals surface area (Å²) in [6, 6.07) is 9.57. The Bertz CT molecular complexity index is 584. The second kappa shape index (κ2) is 7.34. The predicted molar refractivity (Wildman–Crippen MR) is 101 cm³/mol. The summed E-state index contributed by atoms with van der Waals surface area (Å²) < 4.78 is 7.25. The van der Waals surface area contributed by atoms with Crippen molar-refractivity contribution in [2.75, 3.05) is 13.7 Å². The molecule has 2 bridgehead atoms. The van der Waals surface area contributed by atoms with Crippen molar-refractivity contribution in [2.24, 2.45) is 5.92 Å². The Morgan fingerprint density at radius 1 is 1.35 bits per heavy atom. The van der Waals surface area contributed by atoms with Crippen molar-refractivity contribution >= 4 is 28.6 Å². The van der Waals surface area contributed by atoms with Crippen LogP contribution in [0.5, 0.6) is 0 Å². The standard InChI is InChI=1S/C19H24INO2/c1-13-4-6-14(7-5-13)16-12-15-8-9-17(18(16)19(22)23-2)21(15)11-3-10-20/h3-7,10,15-18H,8-9,11-12H2,1-2H3/b10-3+/i20-4. The molecule has 4 atom stereocenters. The number of nitrogens with zero attached hydrogens (tertiary/aromatic N) is 1. The Kier molecular flexibility index (Phi) is 5.42. The lowest BCUT2D eigenvalue weighted by Gasteiger charge is -2.43. The van der Waals surface area contributed by atoms with Gasteiger partial charge in [-0.3, -0.25) is 9.69 Å². The zero-order valence-electron chi connectivity index (χ0n) is 13.7. The number of aryl methyl sites for hydroxylation is 1. The molecule has 4 heteroatoms. The van der Waals surface area contributed by atoms with Crippen molar-refractivity contribution in [2.45, 2.75) is 44.2 Å². The zero-order valence-corrected chi connectivity index (χ0v) is 15.9. The molecule has 124 valence electrons. The monoisotopic (exact) mass is 421 g/mol. The molecule has 2 aliphatic rings. The van der Waals surface area contributed by atoms with Crippen LogP contribution < -0.4 is 0 Å². The molecule has 2 aliphatic heterocycles. The first-order chi connectivity index (χ1) is 11.2.